The van der Waals surface area contributed by atoms with Crippen LogP contribution in [0.25, 0.3) is 5.69 Å². The summed E-state index contributed by atoms with van der Waals surface area (Å²) in [5.74, 6) is -0.397. The van der Waals surface area contributed by atoms with Crippen molar-refractivity contribution >= 4 is 23.5 Å². The second-order valence-corrected chi connectivity index (χ2v) is 7.87. The van der Waals surface area contributed by atoms with Crippen molar-refractivity contribution in [1.29, 1.82) is 0 Å². The molecule has 7 heteroatoms. The third-order valence-corrected chi connectivity index (χ3v) is 5.67. The highest BCUT2D eigenvalue weighted by Gasteiger charge is 2.31. The van der Waals surface area contributed by atoms with Crippen LogP contribution in [-0.4, -0.2) is 39.7 Å². The van der Waals surface area contributed by atoms with Gasteiger partial charge in [-0.05, 0) is 43.2 Å². The fraction of sp³-hybridized carbons (Fsp3) is 0.292. The summed E-state index contributed by atoms with van der Waals surface area (Å²) >= 11 is 5.93. The summed E-state index contributed by atoms with van der Waals surface area (Å²) in [5.41, 5.74) is 3.97. The monoisotopic (exact) mass is 437 g/mol. The number of rotatable bonds is 6. The SMILES string of the molecule is CCOC(=O)c1nn(-c2ccccc2)c2c1CN(C(=O)CCc1ccc(Cl)cc1)CC2. The second kappa shape index (κ2) is 9.35. The lowest BCUT2D eigenvalue weighted by molar-refractivity contribution is -0.132. The number of esters is 1. The van der Waals surface area contributed by atoms with Crippen LogP contribution in [0.4, 0.5) is 0 Å². The van der Waals surface area contributed by atoms with Gasteiger partial charge in [-0.1, -0.05) is 41.9 Å². The van der Waals surface area contributed by atoms with Crippen molar-refractivity contribution in [2.24, 2.45) is 0 Å². The number of benzene rings is 2. The first-order chi connectivity index (χ1) is 15.1. The van der Waals surface area contributed by atoms with Crippen LogP contribution in [0.2, 0.25) is 5.02 Å². The quantitative estimate of drug-likeness (QED) is 0.541. The number of carbonyl (C=O) groups is 2. The zero-order valence-corrected chi connectivity index (χ0v) is 18.1. The molecule has 0 N–H and O–H groups in total. The van der Waals surface area contributed by atoms with E-state index in [9.17, 15) is 9.59 Å². The summed E-state index contributed by atoms with van der Waals surface area (Å²) < 4.78 is 7.03. The first-order valence-corrected chi connectivity index (χ1v) is 10.8. The Kier molecular flexibility index (Phi) is 6.37. The van der Waals surface area contributed by atoms with E-state index >= 15 is 0 Å². The predicted molar refractivity (Wildman–Crippen MR) is 118 cm³/mol. The molecule has 2 heterocycles. The molecule has 0 atom stereocenters. The number of ether oxygens (including phenoxy) is 1. The Hall–Kier alpha value is -3.12. The Morgan fingerprint density at radius 1 is 1.10 bits per heavy atom. The van der Waals surface area contributed by atoms with Crippen LogP contribution >= 0.6 is 11.6 Å². The summed E-state index contributed by atoms with van der Waals surface area (Å²) in [5, 5.41) is 5.25. The fourth-order valence-electron chi connectivity index (χ4n) is 3.84. The highest BCUT2D eigenvalue weighted by atomic mass is 35.5. The molecular formula is C24H24ClN3O3. The molecular weight excluding hydrogens is 414 g/mol. The molecule has 1 amide bonds. The highest BCUT2D eigenvalue weighted by molar-refractivity contribution is 6.30. The van der Waals surface area contributed by atoms with Crippen LogP contribution in [0.15, 0.2) is 54.6 Å². The minimum Gasteiger partial charge on any atom is -0.461 e. The van der Waals surface area contributed by atoms with Crippen LogP contribution in [-0.2, 0) is 28.9 Å². The number of hydrogen-bond acceptors (Lipinski definition) is 4. The summed E-state index contributed by atoms with van der Waals surface area (Å²) in [4.78, 5) is 27.3. The molecule has 0 radical (unpaired) electrons. The lowest BCUT2D eigenvalue weighted by atomic mass is 10.0. The average Bonchev–Trinajstić information content (AvgIpc) is 3.18. The maximum absolute atomic E-state index is 12.9. The van der Waals surface area contributed by atoms with Gasteiger partial charge in [0.05, 0.1) is 18.0 Å². The van der Waals surface area contributed by atoms with Gasteiger partial charge in [0.25, 0.3) is 0 Å². The van der Waals surface area contributed by atoms with Crippen LogP contribution < -0.4 is 0 Å². The summed E-state index contributed by atoms with van der Waals surface area (Å²) in [6.45, 7) is 2.99. The van der Waals surface area contributed by atoms with E-state index in [-0.39, 0.29) is 18.2 Å². The Morgan fingerprint density at radius 3 is 2.55 bits per heavy atom. The van der Waals surface area contributed by atoms with E-state index in [1.807, 2.05) is 54.6 Å². The number of carbonyl (C=O) groups excluding carboxylic acids is 2. The normalized spacial score (nSPS) is 13.0. The van der Waals surface area contributed by atoms with Gasteiger partial charge in [0.2, 0.25) is 5.91 Å². The van der Waals surface area contributed by atoms with E-state index in [0.717, 1.165) is 22.5 Å². The number of para-hydroxylation sites is 1. The van der Waals surface area contributed by atoms with E-state index in [2.05, 4.69) is 5.10 Å². The summed E-state index contributed by atoms with van der Waals surface area (Å²) in [6.07, 6.45) is 1.68. The first-order valence-electron chi connectivity index (χ1n) is 10.4. The third kappa shape index (κ3) is 4.64. The molecule has 0 unspecified atom stereocenters. The van der Waals surface area contributed by atoms with Crippen LogP contribution in [0.3, 0.4) is 0 Å². The van der Waals surface area contributed by atoms with Gasteiger partial charge in [0.15, 0.2) is 5.69 Å². The highest BCUT2D eigenvalue weighted by Crippen LogP contribution is 2.26. The van der Waals surface area contributed by atoms with E-state index < -0.39 is 5.97 Å². The summed E-state index contributed by atoms with van der Waals surface area (Å²) in [7, 11) is 0. The van der Waals surface area contributed by atoms with E-state index in [4.69, 9.17) is 16.3 Å². The van der Waals surface area contributed by atoms with E-state index in [1.165, 1.54) is 0 Å². The van der Waals surface area contributed by atoms with Gasteiger partial charge in [-0.2, -0.15) is 5.10 Å². The molecule has 6 nitrogen and oxygen atoms in total. The lowest BCUT2D eigenvalue weighted by Crippen LogP contribution is -2.36. The van der Waals surface area contributed by atoms with E-state index in [0.29, 0.717) is 37.4 Å². The molecule has 2 aromatic carbocycles. The van der Waals surface area contributed by atoms with Crippen molar-refractivity contribution in [3.63, 3.8) is 0 Å². The van der Waals surface area contributed by atoms with Gasteiger partial charge < -0.3 is 9.64 Å². The molecule has 31 heavy (non-hydrogen) atoms. The van der Waals surface area contributed by atoms with Crippen molar-refractivity contribution in [3.8, 4) is 5.69 Å². The largest absolute Gasteiger partial charge is 0.461 e. The second-order valence-electron chi connectivity index (χ2n) is 7.43. The molecule has 0 bridgehead atoms. The first kappa shape index (κ1) is 21.1. The molecule has 1 aliphatic heterocycles. The molecule has 4 rings (SSSR count). The fourth-order valence-corrected chi connectivity index (χ4v) is 3.96. The van der Waals surface area contributed by atoms with Crippen LogP contribution in [0.5, 0.6) is 0 Å². The maximum atomic E-state index is 12.9. The molecule has 1 aliphatic rings. The van der Waals surface area contributed by atoms with Crippen molar-refractivity contribution in [2.45, 2.75) is 32.7 Å². The predicted octanol–water partition coefficient (Wildman–Crippen LogP) is 4.22. The van der Waals surface area contributed by atoms with Crippen LogP contribution in [0, 0.1) is 0 Å². The van der Waals surface area contributed by atoms with Gasteiger partial charge in [-0.25, -0.2) is 9.48 Å². The van der Waals surface area contributed by atoms with Gasteiger partial charge in [-0.3, -0.25) is 4.79 Å². The smallest absolute Gasteiger partial charge is 0.359 e. The Balaban J connectivity index is 1.55. The lowest BCUT2D eigenvalue weighted by Gasteiger charge is -2.28. The number of fused-ring (bicyclic) bond motifs is 1. The van der Waals surface area contributed by atoms with Crippen molar-refractivity contribution in [3.05, 3.63) is 82.1 Å². The molecule has 3 aromatic rings. The van der Waals surface area contributed by atoms with Crippen LogP contribution in [0.1, 0.15) is 40.7 Å². The molecule has 0 saturated carbocycles. The number of aromatic nitrogens is 2. The van der Waals surface area contributed by atoms with Crippen molar-refractivity contribution in [1.82, 2.24) is 14.7 Å². The zero-order valence-electron chi connectivity index (χ0n) is 17.4. The molecule has 0 saturated heterocycles. The minimum absolute atomic E-state index is 0.0582. The Bertz CT molecular complexity index is 1080. The maximum Gasteiger partial charge on any atom is 0.359 e. The average molecular weight is 438 g/mol. The molecule has 160 valence electrons. The van der Waals surface area contributed by atoms with Gasteiger partial charge >= 0.3 is 5.97 Å². The molecule has 0 spiro atoms. The number of halogens is 1. The number of hydrogen-bond donors (Lipinski definition) is 0. The third-order valence-electron chi connectivity index (χ3n) is 5.42. The van der Waals surface area contributed by atoms with Crippen molar-refractivity contribution < 1.29 is 14.3 Å². The molecule has 1 aromatic heterocycles. The van der Waals surface area contributed by atoms with Gasteiger partial charge in [0.1, 0.15) is 0 Å². The Morgan fingerprint density at radius 2 is 1.84 bits per heavy atom. The topological polar surface area (TPSA) is 64.4 Å². The molecule has 0 fully saturated rings. The summed E-state index contributed by atoms with van der Waals surface area (Å²) in [6, 6.07) is 17.2. The van der Waals surface area contributed by atoms with Gasteiger partial charge in [0, 0.05) is 36.5 Å². The van der Waals surface area contributed by atoms with Gasteiger partial charge in [-0.15, -0.1) is 0 Å². The Labute approximate surface area is 186 Å². The van der Waals surface area contributed by atoms with E-state index in [1.54, 1.807) is 16.5 Å². The van der Waals surface area contributed by atoms with Crippen molar-refractivity contribution in [2.75, 3.05) is 13.2 Å². The number of aryl methyl sites for hydroxylation is 1. The zero-order chi connectivity index (χ0) is 21.8. The number of nitrogens with zero attached hydrogens (tertiary/aromatic N) is 3. The number of amides is 1. The minimum atomic E-state index is -0.455. The molecule has 0 aliphatic carbocycles. The standard InChI is InChI=1S/C24H24ClN3O3/c1-2-31-24(30)23-20-16-27(22(29)13-10-17-8-11-18(25)12-9-17)15-14-21(20)28(26-23)19-6-4-3-5-7-19/h3-9,11-12H,2,10,13-16H2,1H3.